The number of amides is 2. The molecule has 0 unspecified atom stereocenters. The number of carbonyl (C=O) groups is 2. The summed E-state index contributed by atoms with van der Waals surface area (Å²) in [5, 5.41) is 0. The number of ether oxygens (including phenoxy) is 1. The summed E-state index contributed by atoms with van der Waals surface area (Å²) in [6, 6.07) is 7.73. The van der Waals surface area contributed by atoms with Gasteiger partial charge in [-0.05, 0) is 57.1 Å². The molecule has 136 valence electrons. The Morgan fingerprint density at radius 1 is 1.12 bits per heavy atom. The summed E-state index contributed by atoms with van der Waals surface area (Å²) < 4.78 is 5.56. The molecule has 0 aromatic heterocycles. The van der Waals surface area contributed by atoms with Crippen molar-refractivity contribution < 1.29 is 14.3 Å². The number of carbonyl (C=O) groups excluding carboxylic acids is 2. The topological polar surface area (TPSA) is 49.9 Å². The molecule has 0 atom stereocenters. The third-order valence-electron chi connectivity index (χ3n) is 4.92. The molecule has 1 aliphatic heterocycles. The SMILES string of the molecule is Cc1ccc(N(CC(=O)N2CCCCC2)C(=O)COCC2CC2)cc1. The van der Waals surface area contributed by atoms with Crippen LogP contribution >= 0.6 is 0 Å². The van der Waals surface area contributed by atoms with Gasteiger partial charge in [-0.15, -0.1) is 0 Å². The lowest BCUT2D eigenvalue weighted by atomic mass is 10.1. The zero-order valence-corrected chi connectivity index (χ0v) is 15.1. The number of piperidine rings is 1. The van der Waals surface area contributed by atoms with Crippen molar-refractivity contribution in [3.05, 3.63) is 29.8 Å². The van der Waals surface area contributed by atoms with E-state index in [1.165, 1.54) is 19.3 Å². The second-order valence-electron chi connectivity index (χ2n) is 7.22. The van der Waals surface area contributed by atoms with Gasteiger partial charge in [-0.3, -0.25) is 9.59 Å². The molecule has 1 saturated heterocycles. The summed E-state index contributed by atoms with van der Waals surface area (Å²) in [6.07, 6.45) is 5.68. The average molecular weight is 344 g/mol. The van der Waals surface area contributed by atoms with Crippen molar-refractivity contribution in [3.63, 3.8) is 0 Å². The maximum atomic E-state index is 12.7. The van der Waals surface area contributed by atoms with Gasteiger partial charge in [0.25, 0.3) is 5.91 Å². The van der Waals surface area contributed by atoms with Crippen LogP contribution in [0, 0.1) is 12.8 Å². The molecule has 1 heterocycles. The molecule has 1 aromatic rings. The van der Waals surface area contributed by atoms with Crippen LogP contribution in [0.3, 0.4) is 0 Å². The summed E-state index contributed by atoms with van der Waals surface area (Å²) in [7, 11) is 0. The lowest BCUT2D eigenvalue weighted by Gasteiger charge is -2.30. The fourth-order valence-corrected chi connectivity index (χ4v) is 3.10. The Labute approximate surface area is 149 Å². The van der Waals surface area contributed by atoms with Gasteiger partial charge >= 0.3 is 0 Å². The molecule has 0 N–H and O–H groups in total. The Hall–Kier alpha value is -1.88. The third kappa shape index (κ3) is 5.30. The van der Waals surface area contributed by atoms with Crippen LogP contribution < -0.4 is 4.90 Å². The highest BCUT2D eigenvalue weighted by atomic mass is 16.5. The van der Waals surface area contributed by atoms with Gasteiger partial charge in [0.05, 0.1) is 6.61 Å². The molecule has 1 saturated carbocycles. The summed E-state index contributed by atoms with van der Waals surface area (Å²) in [6.45, 7) is 4.38. The Morgan fingerprint density at radius 3 is 2.44 bits per heavy atom. The molecule has 0 radical (unpaired) electrons. The molecule has 5 heteroatoms. The van der Waals surface area contributed by atoms with Gasteiger partial charge in [0, 0.05) is 18.8 Å². The summed E-state index contributed by atoms with van der Waals surface area (Å²) in [5.41, 5.74) is 1.89. The second-order valence-corrected chi connectivity index (χ2v) is 7.22. The van der Waals surface area contributed by atoms with E-state index in [1.54, 1.807) is 4.90 Å². The Balaban J connectivity index is 1.64. The number of hydrogen-bond donors (Lipinski definition) is 0. The molecule has 2 fully saturated rings. The van der Waals surface area contributed by atoms with Crippen LogP contribution in [0.15, 0.2) is 24.3 Å². The van der Waals surface area contributed by atoms with Crippen LogP contribution in [0.2, 0.25) is 0 Å². The first-order valence-electron chi connectivity index (χ1n) is 9.36. The first-order chi connectivity index (χ1) is 12.1. The van der Waals surface area contributed by atoms with Crippen LogP contribution in [0.4, 0.5) is 5.69 Å². The lowest BCUT2D eigenvalue weighted by molar-refractivity contribution is -0.133. The zero-order chi connectivity index (χ0) is 17.6. The largest absolute Gasteiger partial charge is 0.371 e. The smallest absolute Gasteiger partial charge is 0.253 e. The van der Waals surface area contributed by atoms with Crippen LogP contribution in [0.25, 0.3) is 0 Å². The quantitative estimate of drug-likeness (QED) is 0.764. The Kier molecular flexibility index (Phi) is 6.08. The average Bonchev–Trinajstić information content (AvgIpc) is 3.45. The van der Waals surface area contributed by atoms with Crippen molar-refractivity contribution in [2.24, 2.45) is 5.92 Å². The summed E-state index contributed by atoms with van der Waals surface area (Å²) in [5.74, 6) is 0.501. The van der Waals surface area contributed by atoms with Crippen molar-refractivity contribution in [1.29, 1.82) is 0 Å². The number of anilines is 1. The molecule has 5 nitrogen and oxygen atoms in total. The monoisotopic (exact) mass is 344 g/mol. The van der Waals surface area contributed by atoms with Gasteiger partial charge in [-0.1, -0.05) is 17.7 Å². The summed E-state index contributed by atoms with van der Waals surface area (Å²) in [4.78, 5) is 28.8. The molecule has 3 rings (SSSR count). The minimum Gasteiger partial charge on any atom is -0.371 e. The maximum absolute atomic E-state index is 12.7. The van der Waals surface area contributed by atoms with E-state index in [0.29, 0.717) is 12.5 Å². The van der Waals surface area contributed by atoms with E-state index in [4.69, 9.17) is 4.74 Å². The molecular formula is C20H28N2O3. The fourth-order valence-electron chi connectivity index (χ4n) is 3.10. The van der Waals surface area contributed by atoms with Crippen molar-refractivity contribution >= 4 is 17.5 Å². The Bertz CT molecular complexity index is 589. The van der Waals surface area contributed by atoms with Gasteiger partial charge in [0.15, 0.2) is 0 Å². The number of likely N-dealkylation sites (tertiary alicyclic amines) is 1. The van der Waals surface area contributed by atoms with Crippen molar-refractivity contribution in [2.45, 2.75) is 39.0 Å². The van der Waals surface area contributed by atoms with E-state index < -0.39 is 0 Å². The number of rotatable bonds is 7. The highest BCUT2D eigenvalue weighted by Gasteiger charge is 2.25. The Morgan fingerprint density at radius 2 is 1.80 bits per heavy atom. The van der Waals surface area contributed by atoms with Crippen LogP contribution in [-0.2, 0) is 14.3 Å². The van der Waals surface area contributed by atoms with E-state index in [-0.39, 0.29) is 25.0 Å². The molecule has 1 aliphatic carbocycles. The molecule has 0 spiro atoms. The second kappa shape index (κ2) is 8.48. The first-order valence-corrected chi connectivity index (χ1v) is 9.36. The van der Waals surface area contributed by atoms with Gasteiger partial charge < -0.3 is 14.5 Å². The van der Waals surface area contributed by atoms with Gasteiger partial charge in [-0.25, -0.2) is 0 Å². The van der Waals surface area contributed by atoms with Crippen molar-refractivity contribution in [2.75, 3.05) is 37.7 Å². The van der Waals surface area contributed by atoms with Gasteiger partial charge in [0.2, 0.25) is 5.91 Å². The van der Waals surface area contributed by atoms with Crippen LogP contribution in [-0.4, -0.2) is 49.6 Å². The van der Waals surface area contributed by atoms with Crippen LogP contribution in [0.5, 0.6) is 0 Å². The fraction of sp³-hybridized carbons (Fsp3) is 0.600. The number of nitrogens with zero attached hydrogens (tertiary/aromatic N) is 2. The normalized spacial score (nSPS) is 17.4. The molecule has 1 aromatic carbocycles. The van der Waals surface area contributed by atoms with Crippen LogP contribution in [0.1, 0.15) is 37.7 Å². The highest BCUT2D eigenvalue weighted by molar-refractivity contribution is 5.99. The van der Waals surface area contributed by atoms with Crippen molar-refractivity contribution in [3.8, 4) is 0 Å². The molecule has 2 aliphatic rings. The minimum atomic E-state index is -0.144. The first kappa shape index (κ1) is 17.9. The standard InChI is InChI=1S/C20H28N2O3/c1-16-5-9-18(10-6-16)22(20(24)15-25-14-17-7-8-17)13-19(23)21-11-3-2-4-12-21/h5-6,9-10,17H,2-4,7-8,11-15H2,1H3. The van der Waals surface area contributed by atoms with E-state index in [2.05, 4.69) is 0 Å². The van der Waals surface area contributed by atoms with Crippen molar-refractivity contribution in [1.82, 2.24) is 4.90 Å². The zero-order valence-electron chi connectivity index (χ0n) is 15.1. The number of hydrogen-bond acceptors (Lipinski definition) is 3. The summed E-state index contributed by atoms with van der Waals surface area (Å²) >= 11 is 0. The molecule has 0 bridgehead atoms. The van der Waals surface area contributed by atoms with E-state index in [9.17, 15) is 9.59 Å². The third-order valence-corrected chi connectivity index (χ3v) is 4.92. The molecule has 25 heavy (non-hydrogen) atoms. The predicted octanol–water partition coefficient (Wildman–Crippen LogP) is 2.77. The van der Waals surface area contributed by atoms with Gasteiger partial charge in [0.1, 0.15) is 13.2 Å². The number of aryl methyl sites for hydroxylation is 1. The molecule has 2 amide bonds. The van der Waals surface area contributed by atoms with E-state index >= 15 is 0 Å². The van der Waals surface area contributed by atoms with E-state index in [1.807, 2.05) is 36.1 Å². The highest BCUT2D eigenvalue weighted by Crippen LogP contribution is 2.28. The lowest BCUT2D eigenvalue weighted by Crippen LogP contribution is -2.45. The molecular weight excluding hydrogens is 316 g/mol. The maximum Gasteiger partial charge on any atom is 0.253 e. The minimum absolute atomic E-state index is 0.0239. The van der Waals surface area contributed by atoms with E-state index in [0.717, 1.165) is 37.2 Å². The number of benzene rings is 1. The van der Waals surface area contributed by atoms with Gasteiger partial charge in [-0.2, -0.15) is 0 Å². The predicted molar refractivity (Wildman–Crippen MR) is 97.5 cm³/mol.